The van der Waals surface area contributed by atoms with Gasteiger partial charge in [-0.05, 0) is 29.6 Å². The van der Waals surface area contributed by atoms with E-state index in [-0.39, 0.29) is 22.8 Å². The van der Waals surface area contributed by atoms with Crippen molar-refractivity contribution in [3.63, 3.8) is 0 Å². The molecule has 1 aromatic carbocycles. The van der Waals surface area contributed by atoms with Gasteiger partial charge in [0, 0.05) is 18.7 Å². The van der Waals surface area contributed by atoms with Crippen molar-refractivity contribution < 1.29 is 22.4 Å². The molecule has 30 heavy (non-hydrogen) atoms. The topological polar surface area (TPSA) is 102 Å². The molecule has 0 atom stereocenters. The number of carbonyl (C=O) groups excluding carboxylic acids is 1. The summed E-state index contributed by atoms with van der Waals surface area (Å²) in [4.78, 5) is 17.8. The zero-order valence-corrected chi connectivity index (χ0v) is 18.5. The molecule has 0 radical (unpaired) electrons. The minimum Gasteiger partial charge on any atom is -0.495 e. The number of amides is 1. The third-order valence-electron chi connectivity index (χ3n) is 4.46. The molecule has 2 heterocycles. The first-order valence-electron chi connectivity index (χ1n) is 9.35. The van der Waals surface area contributed by atoms with Gasteiger partial charge in [-0.3, -0.25) is 4.79 Å². The number of methoxy groups -OCH3 is 1. The van der Waals surface area contributed by atoms with Crippen LogP contribution >= 0.6 is 11.3 Å². The summed E-state index contributed by atoms with van der Waals surface area (Å²) in [7, 11) is -2.39. The number of oxazole rings is 1. The van der Waals surface area contributed by atoms with Crippen LogP contribution in [0.1, 0.15) is 29.9 Å². The first-order valence-corrected chi connectivity index (χ1v) is 11.7. The van der Waals surface area contributed by atoms with Crippen molar-refractivity contribution >= 4 is 27.3 Å². The predicted molar refractivity (Wildman–Crippen MR) is 114 cm³/mol. The van der Waals surface area contributed by atoms with E-state index in [1.165, 1.54) is 47.2 Å². The quantitative estimate of drug-likeness (QED) is 0.537. The van der Waals surface area contributed by atoms with Gasteiger partial charge in [0.2, 0.25) is 15.9 Å². The number of ether oxygens (including phenoxy) is 1. The summed E-state index contributed by atoms with van der Waals surface area (Å²) in [5.41, 5.74) is 0.778. The highest BCUT2D eigenvalue weighted by Crippen LogP contribution is 2.28. The van der Waals surface area contributed by atoms with Gasteiger partial charge in [-0.1, -0.05) is 19.9 Å². The second-order valence-electron chi connectivity index (χ2n) is 6.26. The number of nitrogens with one attached hydrogen (secondary N) is 1. The van der Waals surface area contributed by atoms with Gasteiger partial charge in [-0.15, -0.1) is 11.3 Å². The molecule has 1 amide bonds. The highest BCUT2D eigenvalue weighted by molar-refractivity contribution is 7.89. The standard InChI is InChI=1S/C20H23N3O5S2/c1-4-23(5-2)30(25,26)18-11-14(8-9-16(18)27-3)19(24)21-12-15-13-28-20(22-15)17-7-6-10-29-17/h6-11,13H,4-5,12H2,1-3H3,(H,21,24). The zero-order valence-electron chi connectivity index (χ0n) is 16.9. The van der Waals surface area contributed by atoms with E-state index in [1.807, 2.05) is 17.5 Å². The number of hydrogen-bond acceptors (Lipinski definition) is 7. The van der Waals surface area contributed by atoms with Crippen LogP contribution in [0, 0.1) is 0 Å². The number of sulfonamides is 1. The largest absolute Gasteiger partial charge is 0.495 e. The molecule has 2 aromatic heterocycles. The molecule has 0 aliphatic heterocycles. The summed E-state index contributed by atoms with van der Waals surface area (Å²) in [6.07, 6.45) is 1.49. The van der Waals surface area contributed by atoms with Gasteiger partial charge in [-0.2, -0.15) is 4.31 Å². The Bertz CT molecular complexity index is 1100. The van der Waals surface area contributed by atoms with Gasteiger partial charge in [-0.25, -0.2) is 13.4 Å². The van der Waals surface area contributed by atoms with E-state index in [9.17, 15) is 13.2 Å². The summed E-state index contributed by atoms with van der Waals surface area (Å²) in [5, 5.41) is 4.67. The van der Waals surface area contributed by atoms with Crippen LogP contribution in [0.3, 0.4) is 0 Å². The molecule has 3 rings (SSSR count). The first-order chi connectivity index (χ1) is 14.4. The van der Waals surface area contributed by atoms with Crippen LogP contribution in [0.2, 0.25) is 0 Å². The SMILES string of the molecule is CCN(CC)S(=O)(=O)c1cc(C(=O)NCc2coc(-c3cccs3)n2)ccc1OC. The molecule has 1 N–H and O–H groups in total. The van der Waals surface area contributed by atoms with E-state index in [2.05, 4.69) is 10.3 Å². The molecule has 160 valence electrons. The molecular weight excluding hydrogens is 426 g/mol. The van der Waals surface area contributed by atoms with Crippen LogP contribution < -0.4 is 10.1 Å². The van der Waals surface area contributed by atoms with Crippen LogP contribution in [-0.4, -0.2) is 43.8 Å². The van der Waals surface area contributed by atoms with Crippen molar-refractivity contribution in [1.82, 2.24) is 14.6 Å². The fraction of sp³-hybridized carbons (Fsp3) is 0.300. The molecule has 0 aliphatic rings. The molecule has 0 unspecified atom stereocenters. The lowest BCUT2D eigenvalue weighted by molar-refractivity contribution is 0.0950. The van der Waals surface area contributed by atoms with E-state index < -0.39 is 15.9 Å². The Morgan fingerprint density at radius 3 is 2.67 bits per heavy atom. The molecule has 0 aliphatic carbocycles. The predicted octanol–water partition coefficient (Wildman–Crippen LogP) is 3.37. The maximum absolute atomic E-state index is 12.9. The highest BCUT2D eigenvalue weighted by atomic mass is 32.2. The van der Waals surface area contributed by atoms with Gasteiger partial charge < -0.3 is 14.5 Å². The second-order valence-corrected chi connectivity index (χ2v) is 9.11. The van der Waals surface area contributed by atoms with Gasteiger partial charge >= 0.3 is 0 Å². The number of nitrogens with zero attached hydrogens (tertiary/aromatic N) is 2. The van der Waals surface area contributed by atoms with Crippen LogP contribution in [-0.2, 0) is 16.6 Å². The Kier molecular flexibility index (Phi) is 6.91. The third-order valence-corrected chi connectivity index (χ3v) is 7.39. The molecule has 0 saturated heterocycles. The van der Waals surface area contributed by atoms with Crippen molar-refractivity contribution in [2.24, 2.45) is 0 Å². The Morgan fingerprint density at radius 1 is 1.27 bits per heavy atom. The summed E-state index contributed by atoms with van der Waals surface area (Å²) < 4.78 is 37.8. The number of rotatable bonds is 9. The molecule has 10 heteroatoms. The fourth-order valence-corrected chi connectivity index (χ4v) is 5.19. The summed E-state index contributed by atoms with van der Waals surface area (Å²) in [6.45, 7) is 4.30. The van der Waals surface area contributed by atoms with Crippen molar-refractivity contribution in [2.75, 3.05) is 20.2 Å². The Labute approximate surface area is 179 Å². The minimum absolute atomic E-state index is 0.0391. The van der Waals surface area contributed by atoms with E-state index in [4.69, 9.17) is 9.15 Å². The number of carbonyl (C=O) groups is 1. The lowest BCUT2D eigenvalue weighted by atomic mass is 10.2. The summed E-state index contributed by atoms with van der Waals surface area (Å²) in [5.74, 6) is 0.260. The molecule has 0 spiro atoms. The summed E-state index contributed by atoms with van der Waals surface area (Å²) in [6, 6.07) is 8.14. The molecule has 0 saturated carbocycles. The van der Waals surface area contributed by atoms with Crippen LogP contribution in [0.5, 0.6) is 5.75 Å². The maximum atomic E-state index is 12.9. The van der Waals surface area contributed by atoms with Gasteiger partial charge in [0.15, 0.2) is 0 Å². The van der Waals surface area contributed by atoms with E-state index in [1.54, 1.807) is 13.8 Å². The first kappa shape index (κ1) is 22.0. The molecule has 0 fully saturated rings. The van der Waals surface area contributed by atoms with Crippen molar-refractivity contribution in [1.29, 1.82) is 0 Å². The second kappa shape index (κ2) is 9.41. The Hall–Kier alpha value is -2.69. The van der Waals surface area contributed by atoms with Gasteiger partial charge in [0.1, 0.15) is 16.9 Å². The molecule has 8 nitrogen and oxygen atoms in total. The number of hydrogen-bond donors (Lipinski definition) is 1. The van der Waals surface area contributed by atoms with Crippen molar-refractivity contribution in [3.05, 3.63) is 53.2 Å². The van der Waals surface area contributed by atoms with E-state index in [0.29, 0.717) is 24.7 Å². The maximum Gasteiger partial charge on any atom is 0.251 e. The average molecular weight is 450 g/mol. The van der Waals surface area contributed by atoms with Gasteiger partial charge in [0.05, 0.1) is 24.2 Å². The smallest absolute Gasteiger partial charge is 0.251 e. The summed E-state index contributed by atoms with van der Waals surface area (Å²) >= 11 is 1.51. The van der Waals surface area contributed by atoms with Gasteiger partial charge in [0.25, 0.3) is 5.91 Å². The number of benzene rings is 1. The normalized spacial score (nSPS) is 11.6. The Balaban J connectivity index is 1.78. The lowest BCUT2D eigenvalue weighted by Gasteiger charge is -2.20. The van der Waals surface area contributed by atoms with Crippen molar-refractivity contribution in [2.45, 2.75) is 25.3 Å². The third kappa shape index (κ3) is 4.55. The van der Waals surface area contributed by atoms with E-state index in [0.717, 1.165) is 4.88 Å². The highest BCUT2D eigenvalue weighted by Gasteiger charge is 2.26. The fourth-order valence-electron chi connectivity index (χ4n) is 2.90. The molecular formula is C20H23N3O5S2. The van der Waals surface area contributed by atoms with Crippen molar-refractivity contribution in [3.8, 4) is 16.5 Å². The number of aromatic nitrogens is 1. The Morgan fingerprint density at radius 2 is 2.03 bits per heavy atom. The molecule has 0 bridgehead atoms. The van der Waals surface area contributed by atoms with Crippen LogP contribution in [0.25, 0.3) is 10.8 Å². The van der Waals surface area contributed by atoms with Crippen LogP contribution in [0.4, 0.5) is 0 Å². The molecule has 3 aromatic rings. The average Bonchev–Trinajstić information content (AvgIpc) is 3.44. The monoisotopic (exact) mass is 449 g/mol. The van der Waals surface area contributed by atoms with Crippen LogP contribution in [0.15, 0.2) is 51.3 Å². The minimum atomic E-state index is -3.79. The zero-order chi connectivity index (χ0) is 21.7. The lowest BCUT2D eigenvalue weighted by Crippen LogP contribution is -2.31. The number of thiophene rings is 1. The van der Waals surface area contributed by atoms with E-state index >= 15 is 0 Å².